The second-order valence-corrected chi connectivity index (χ2v) is 7.54. The first kappa shape index (κ1) is 20.8. The molecule has 5 nitrogen and oxygen atoms in total. The molecule has 0 bridgehead atoms. The molecule has 5 heteroatoms. The average molecular weight is 392 g/mol. The van der Waals surface area contributed by atoms with Crippen LogP contribution in [0.5, 0.6) is 0 Å². The Morgan fingerprint density at radius 1 is 1.03 bits per heavy atom. The van der Waals surface area contributed by atoms with E-state index in [1.165, 1.54) is 0 Å². The number of para-hydroxylation sites is 1. The number of quaternary nitrogens is 1. The van der Waals surface area contributed by atoms with Gasteiger partial charge in [0, 0.05) is 17.8 Å². The lowest BCUT2D eigenvalue weighted by atomic mass is 10.1. The van der Waals surface area contributed by atoms with Crippen molar-refractivity contribution in [2.75, 3.05) is 13.6 Å². The summed E-state index contributed by atoms with van der Waals surface area (Å²) in [6.45, 7) is 5.39. The lowest BCUT2D eigenvalue weighted by Crippen LogP contribution is -3.09. The summed E-state index contributed by atoms with van der Waals surface area (Å²) >= 11 is 0. The Balaban J connectivity index is 1.80. The molecule has 152 valence electrons. The van der Waals surface area contributed by atoms with E-state index in [2.05, 4.69) is 44.5 Å². The highest BCUT2D eigenvalue weighted by molar-refractivity contribution is 5.77. The molecule has 1 heterocycles. The van der Waals surface area contributed by atoms with Gasteiger partial charge in [0.05, 0.1) is 18.3 Å². The number of carbonyl (C=O) groups is 1. The second kappa shape index (κ2) is 10.0. The number of hydrogen-bond acceptors (Lipinski definition) is 2. The van der Waals surface area contributed by atoms with Gasteiger partial charge in [-0.25, -0.2) is 4.68 Å². The molecular weight excluding hydrogens is 360 g/mol. The zero-order valence-electron chi connectivity index (χ0n) is 17.6. The van der Waals surface area contributed by atoms with Crippen molar-refractivity contribution in [1.29, 1.82) is 0 Å². The Morgan fingerprint density at radius 2 is 1.66 bits per heavy atom. The van der Waals surface area contributed by atoms with E-state index in [0.29, 0.717) is 6.54 Å². The Hall–Kier alpha value is -2.92. The van der Waals surface area contributed by atoms with E-state index in [-0.39, 0.29) is 11.9 Å². The van der Waals surface area contributed by atoms with E-state index in [0.717, 1.165) is 46.8 Å². The average Bonchev–Trinajstić information content (AvgIpc) is 3.16. The van der Waals surface area contributed by atoms with Crippen molar-refractivity contribution in [2.45, 2.75) is 39.3 Å². The maximum Gasteiger partial charge on any atom is 0.275 e. The van der Waals surface area contributed by atoms with Crippen LogP contribution in [0.4, 0.5) is 0 Å². The molecule has 0 fully saturated rings. The van der Waals surface area contributed by atoms with Crippen molar-refractivity contribution < 1.29 is 9.69 Å². The van der Waals surface area contributed by atoms with Gasteiger partial charge < -0.3 is 10.2 Å². The highest BCUT2D eigenvalue weighted by Gasteiger charge is 2.18. The van der Waals surface area contributed by atoms with Crippen LogP contribution in [0, 0.1) is 0 Å². The predicted octanol–water partition coefficient (Wildman–Crippen LogP) is 2.86. The smallest absolute Gasteiger partial charge is 0.275 e. The number of benzene rings is 2. The second-order valence-electron chi connectivity index (χ2n) is 7.54. The third kappa shape index (κ3) is 5.55. The number of likely N-dealkylation sites (N-methyl/N-ethyl adjacent to an activating group) is 1. The lowest BCUT2D eigenvalue weighted by Gasteiger charge is -2.17. The topological polar surface area (TPSA) is 51.4 Å². The van der Waals surface area contributed by atoms with Crippen molar-refractivity contribution in [3.05, 3.63) is 72.4 Å². The van der Waals surface area contributed by atoms with Gasteiger partial charge in [0.2, 0.25) is 0 Å². The number of carbonyl (C=O) groups excluding carboxylic acids is 1. The third-order valence-corrected chi connectivity index (χ3v) is 5.16. The quantitative estimate of drug-likeness (QED) is 0.589. The molecule has 3 aromatic rings. The van der Waals surface area contributed by atoms with Crippen LogP contribution in [0.1, 0.15) is 32.3 Å². The van der Waals surface area contributed by atoms with Crippen LogP contribution in [0.15, 0.2) is 66.9 Å². The van der Waals surface area contributed by atoms with Crippen molar-refractivity contribution >= 4 is 5.91 Å². The first-order valence-corrected chi connectivity index (χ1v) is 10.4. The van der Waals surface area contributed by atoms with Crippen LogP contribution in [0.3, 0.4) is 0 Å². The standard InChI is InChI=1S/C24H30N4O/c1-4-21(5-2)25-23(29)18-27(3)16-20-17-28(22-14-10-7-11-15-22)26-24(20)19-12-8-6-9-13-19/h6-15,17,21H,4-5,16,18H2,1-3H3,(H,25,29)/p+1. The van der Waals surface area contributed by atoms with Crippen LogP contribution in [0.2, 0.25) is 0 Å². The number of amides is 1. The molecule has 1 amide bonds. The highest BCUT2D eigenvalue weighted by Crippen LogP contribution is 2.23. The molecule has 0 radical (unpaired) electrons. The normalized spacial score (nSPS) is 12.1. The maximum absolute atomic E-state index is 12.4. The summed E-state index contributed by atoms with van der Waals surface area (Å²) < 4.78 is 1.93. The van der Waals surface area contributed by atoms with Gasteiger partial charge in [0.1, 0.15) is 12.2 Å². The molecule has 1 unspecified atom stereocenters. The Bertz CT molecular complexity index is 901. The number of hydrogen-bond donors (Lipinski definition) is 2. The van der Waals surface area contributed by atoms with Crippen LogP contribution in [-0.2, 0) is 11.3 Å². The minimum Gasteiger partial charge on any atom is -0.349 e. The third-order valence-electron chi connectivity index (χ3n) is 5.16. The summed E-state index contributed by atoms with van der Waals surface area (Å²) in [7, 11) is 2.06. The minimum atomic E-state index is 0.105. The van der Waals surface area contributed by atoms with Crippen LogP contribution >= 0.6 is 0 Å². The number of nitrogens with zero attached hydrogens (tertiary/aromatic N) is 2. The summed E-state index contributed by atoms with van der Waals surface area (Å²) in [6.07, 6.45) is 4.01. The number of aromatic nitrogens is 2. The fourth-order valence-corrected chi connectivity index (χ4v) is 3.52. The van der Waals surface area contributed by atoms with Crippen molar-refractivity contribution in [2.24, 2.45) is 0 Å². The molecule has 0 saturated heterocycles. The summed E-state index contributed by atoms with van der Waals surface area (Å²) in [5.74, 6) is 0.105. The highest BCUT2D eigenvalue weighted by atomic mass is 16.2. The Labute approximate surface area is 173 Å². The summed E-state index contributed by atoms with van der Waals surface area (Å²) in [4.78, 5) is 13.5. The molecule has 0 saturated carbocycles. The van der Waals surface area contributed by atoms with Gasteiger partial charge in [0.25, 0.3) is 5.91 Å². The summed E-state index contributed by atoms with van der Waals surface area (Å²) in [6, 6.07) is 20.6. The fourth-order valence-electron chi connectivity index (χ4n) is 3.52. The molecule has 1 atom stereocenters. The molecule has 0 spiro atoms. The summed E-state index contributed by atoms with van der Waals surface area (Å²) in [5.41, 5.74) is 4.22. The van der Waals surface area contributed by atoms with Crippen molar-refractivity contribution in [3.63, 3.8) is 0 Å². The van der Waals surface area contributed by atoms with E-state index < -0.39 is 0 Å². The van der Waals surface area contributed by atoms with E-state index in [4.69, 9.17) is 5.10 Å². The van der Waals surface area contributed by atoms with Gasteiger partial charge in [-0.3, -0.25) is 4.79 Å². The van der Waals surface area contributed by atoms with Crippen LogP contribution in [-0.4, -0.2) is 35.3 Å². The zero-order valence-corrected chi connectivity index (χ0v) is 17.6. The molecule has 2 N–H and O–H groups in total. The van der Waals surface area contributed by atoms with Gasteiger partial charge >= 0.3 is 0 Å². The zero-order chi connectivity index (χ0) is 20.6. The van der Waals surface area contributed by atoms with Crippen LogP contribution in [0.25, 0.3) is 16.9 Å². The molecule has 0 aliphatic rings. The SMILES string of the molecule is CCC(CC)NC(=O)C[NH+](C)Cc1cn(-c2ccccc2)nc1-c1ccccc1. The molecular formula is C24H31N4O+. The predicted molar refractivity (Wildman–Crippen MR) is 117 cm³/mol. The monoisotopic (exact) mass is 391 g/mol. The molecule has 1 aromatic heterocycles. The molecule has 3 rings (SSSR count). The van der Waals surface area contributed by atoms with E-state index in [9.17, 15) is 4.79 Å². The van der Waals surface area contributed by atoms with Gasteiger partial charge in [-0.05, 0) is 25.0 Å². The Kier molecular flexibility index (Phi) is 7.19. The van der Waals surface area contributed by atoms with E-state index >= 15 is 0 Å². The van der Waals surface area contributed by atoms with E-state index in [1.54, 1.807) is 0 Å². The van der Waals surface area contributed by atoms with Gasteiger partial charge in [-0.2, -0.15) is 5.10 Å². The molecule has 0 aliphatic carbocycles. The molecule has 0 aliphatic heterocycles. The van der Waals surface area contributed by atoms with Crippen LogP contribution < -0.4 is 10.2 Å². The maximum atomic E-state index is 12.4. The van der Waals surface area contributed by atoms with E-state index in [1.807, 2.05) is 53.2 Å². The van der Waals surface area contributed by atoms with Gasteiger partial charge in [0.15, 0.2) is 6.54 Å². The first-order valence-electron chi connectivity index (χ1n) is 10.4. The number of rotatable bonds is 9. The van der Waals surface area contributed by atoms with Crippen molar-refractivity contribution in [1.82, 2.24) is 15.1 Å². The van der Waals surface area contributed by atoms with Gasteiger partial charge in [-0.1, -0.05) is 62.4 Å². The largest absolute Gasteiger partial charge is 0.349 e. The summed E-state index contributed by atoms with van der Waals surface area (Å²) in [5, 5.41) is 7.99. The lowest BCUT2D eigenvalue weighted by molar-refractivity contribution is -0.885. The molecule has 29 heavy (non-hydrogen) atoms. The first-order chi connectivity index (χ1) is 14.1. The minimum absolute atomic E-state index is 0.105. The van der Waals surface area contributed by atoms with Gasteiger partial charge in [-0.15, -0.1) is 0 Å². The Morgan fingerprint density at radius 3 is 2.28 bits per heavy atom. The fraction of sp³-hybridized carbons (Fsp3) is 0.333. The van der Waals surface area contributed by atoms with Crippen molar-refractivity contribution in [3.8, 4) is 16.9 Å². The number of nitrogens with one attached hydrogen (secondary N) is 2. The molecule has 2 aromatic carbocycles.